The van der Waals surface area contributed by atoms with Gasteiger partial charge in [0.05, 0.1) is 7.11 Å². The van der Waals surface area contributed by atoms with Crippen LogP contribution < -0.4 is 10.1 Å². The van der Waals surface area contributed by atoms with Crippen LogP contribution in [-0.4, -0.2) is 20.2 Å². The predicted octanol–water partition coefficient (Wildman–Crippen LogP) is 2.93. The van der Waals surface area contributed by atoms with Crippen LogP contribution in [0.1, 0.15) is 17.9 Å². The molecule has 0 amide bonds. The van der Waals surface area contributed by atoms with Gasteiger partial charge in [0.15, 0.2) is 0 Å². The Morgan fingerprint density at radius 3 is 2.71 bits per heavy atom. The molecule has 2 nitrogen and oxygen atoms in total. The molecular formula is C15H17NO. The first kappa shape index (κ1) is 10.6. The van der Waals surface area contributed by atoms with Crippen molar-refractivity contribution in [3.63, 3.8) is 0 Å². The average molecular weight is 227 g/mol. The molecule has 1 saturated heterocycles. The predicted molar refractivity (Wildman–Crippen MR) is 70.7 cm³/mol. The number of rotatable bonds is 2. The molecular weight excluding hydrogens is 210 g/mol. The molecule has 17 heavy (non-hydrogen) atoms. The second-order valence-electron chi connectivity index (χ2n) is 4.66. The van der Waals surface area contributed by atoms with Gasteiger partial charge in [0.2, 0.25) is 0 Å². The van der Waals surface area contributed by atoms with Crippen molar-refractivity contribution < 1.29 is 4.74 Å². The van der Waals surface area contributed by atoms with Crippen LogP contribution in [0.5, 0.6) is 5.75 Å². The monoisotopic (exact) mass is 227 g/mol. The third kappa shape index (κ3) is 2.01. The second kappa shape index (κ2) is 4.38. The Bertz CT molecular complexity index is 529. The van der Waals surface area contributed by atoms with Crippen LogP contribution >= 0.6 is 0 Å². The van der Waals surface area contributed by atoms with Gasteiger partial charge in [-0.1, -0.05) is 24.3 Å². The Kier molecular flexibility index (Phi) is 2.73. The summed E-state index contributed by atoms with van der Waals surface area (Å²) in [6.45, 7) is 2.26. The quantitative estimate of drug-likeness (QED) is 0.851. The fourth-order valence-corrected chi connectivity index (χ4v) is 2.56. The first-order chi connectivity index (χ1) is 8.36. The molecule has 0 bridgehead atoms. The van der Waals surface area contributed by atoms with Crippen molar-refractivity contribution in [3.8, 4) is 5.75 Å². The first-order valence-electron chi connectivity index (χ1n) is 6.15. The zero-order valence-electron chi connectivity index (χ0n) is 10.1. The Morgan fingerprint density at radius 2 is 1.94 bits per heavy atom. The van der Waals surface area contributed by atoms with Crippen molar-refractivity contribution >= 4 is 10.8 Å². The molecule has 2 heteroatoms. The highest BCUT2D eigenvalue weighted by atomic mass is 16.5. The summed E-state index contributed by atoms with van der Waals surface area (Å²) in [5, 5.41) is 5.97. The lowest BCUT2D eigenvalue weighted by atomic mass is 9.96. The average Bonchev–Trinajstić information content (AvgIpc) is 2.91. The van der Waals surface area contributed by atoms with E-state index < -0.39 is 0 Å². The molecule has 0 spiro atoms. The van der Waals surface area contributed by atoms with Gasteiger partial charge < -0.3 is 10.1 Å². The summed E-state index contributed by atoms with van der Waals surface area (Å²) >= 11 is 0. The van der Waals surface area contributed by atoms with Crippen molar-refractivity contribution in [1.29, 1.82) is 0 Å². The lowest BCUT2D eigenvalue weighted by Crippen LogP contribution is -2.07. The number of nitrogens with one attached hydrogen (secondary N) is 1. The fraction of sp³-hybridized carbons (Fsp3) is 0.333. The molecule has 1 fully saturated rings. The molecule has 1 aliphatic rings. The Labute approximate surface area is 102 Å². The van der Waals surface area contributed by atoms with E-state index in [1.54, 1.807) is 7.11 Å². The highest BCUT2D eigenvalue weighted by Crippen LogP contribution is 2.27. The highest BCUT2D eigenvalue weighted by molar-refractivity contribution is 5.84. The molecule has 2 aromatic rings. The highest BCUT2D eigenvalue weighted by Gasteiger charge is 2.16. The molecule has 1 atom stereocenters. The summed E-state index contributed by atoms with van der Waals surface area (Å²) in [7, 11) is 1.71. The van der Waals surface area contributed by atoms with E-state index in [4.69, 9.17) is 4.74 Å². The normalized spacial score (nSPS) is 19.7. The number of benzene rings is 2. The van der Waals surface area contributed by atoms with Gasteiger partial charge in [-0.25, -0.2) is 0 Å². The molecule has 0 aromatic heterocycles. The minimum atomic E-state index is 0.682. The standard InChI is InChI=1S/C15H17NO/c1-17-15-5-4-11-8-12(2-3-13(11)9-15)14-6-7-16-10-14/h2-5,8-9,14,16H,6-7,10H2,1H3. The number of ether oxygens (including phenoxy) is 1. The van der Waals surface area contributed by atoms with Crippen LogP contribution in [0.25, 0.3) is 10.8 Å². The lowest BCUT2D eigenvalue weighted by Gasteiger charge is -2.10. The van der Waals surface area contributed by atoms with Crippen molar-refractivity contribution in [2.24, 2.45) is 0 Å². The van der Waals surface area contributed by atoms with Crippen LogP contribution in [0.3, 0.4) is 0 Å². The van der Waals surface area contributed by atoms with Crippen LogP contribution in [0.2, 0.25) is 0 Å². The number of hydrogen-bond donors (Lipinski definition) is 1. The maximum atomic E-state index is 5.24. The van der Waals surface area contributed by atoms with E-state index in [9.17, 15) is 0 Å². The lowest BCUT2D eigenvalue weighted by molar-refractivity contribution is 0.415. The third-order valence-corrected chi connectivity index (χ3v) is 3.60. The van der Waals surface area contributed by atoms with Crippen LogP contribution in [-0.2, 0) is 0 Å². The largest absolute Gasteiger partial charge is 0.497 e. The van der Waals surface area contributed by atoms with Crippen molar-refractivity contribution in [1.82, 2.24) is 5.32 Å². The second-order valence-corrected chi connectivity index (χ2v) is 4.66. The summed E-state index contributed by atoms with van der Waals surface area (Å²) in [6.07, 6.45) is 1.25. The maximum Gasteiger partial charge on any atom is 0.119 e. The molecule has 2 aromatic carbocycles. The van der Waals surface area contributed by atoms with Crippen molar-refractivity contribution in [2.75, 3.05) is 20.2 Å². The van der Waals surface area contributed by atoms with Gasteiger partial charge in [-0.15, -0.1) is 0 Å². The molecule has 1 unspecified atom stereocenters. The van der Waals surface area contributed by atoms with Gasteiger partial charge in [-0.2, -0.15) is 0 Å². The van der Waals surface area contributed by atoms with E-state index in [1.807, 2.05) is 6.07 Å². The van der Waals surface area contributed by atoms with E-state index in [2.05, 4.69) is 35.6 Å². The van der Waals surface area contributed by atoms with Gasteiger partial charge in [0.1, 0.15) is 5.75 Å². The number of methoxy groups -OCH3 is 1. The fourth-order valence-electron chi connectivity index (χ4n) is 2.56. The van der Waals surface area contributed by atoms with Gasteiger partial charge in [0.25, 0.3) is 0 Å². The molecule has 1 aliphatic heterocycles. The molecule has 0 aliphatic carbocycles. The Morgan fingerprint density at radius 1 is 1.12 bits per heavy atom. The minimum Gasteiger partial charge on any atom is -0.497 e. The summed E-state index contributed by atoms with van der Waals surface area (Å²) < 4.78 is 5.24. The van der Waals surface area contributed by atoms with Crippen molar-refractivity contribution in [2.45, 2.75) is 12.3 Å². The summed E-state index contributed by atoms with van der Waals surface area (Å²) in [5.41, 5.74) is 1.45. The number of hydrogen-bond acceptors (Lipinski definition) is 2. The van der Waals surface area contributed by atoms with Gasteiger partial charge in [-0.05, 0) is 47.4 Å². The summed E-state index contributed by atoms with van der Waals surface area (Å²) in [4.78, 5) is 0. The topological polar surface area (TPSA) is 21.3 Å². The van der Waals surface area contributed by atoms with Crippen LogP contribution in [0, 0.1) is 0 Å². The maximum absolute atomic E-state index is 5.24. The van der Waals surface area contributed by atoms with Crippen molar-refractivity contribution in [3.05, 3.63) is 42.0 Å². The Balaban J connectivity index is 2.01. The zero-order chi connectivity index (χ0) is 11.7. The molecule has 3 rings (SSSR count). The van der Waals surface area contributed by atoms with Gasteiger partial charge in [-0.3, -0.25) is 0 Å². The van der Waals surface area contributed by atoms with Gasteiger partial charge in [0, 0.05) is 6.54 Å². The molecule has 0 saturated carbocycles. The Hall–Kier alpha value is -1.54. The molecule has 1 heterocycles. The van der Waals surface area contributed by atoms with E-state index in [1.165, 1.54) is 22.8 Å². The molecule has 0 radical (unpaired) electrons. The number of fused-ring (bicyclic) bond motifs is 1. The summed E-state index contributed by atoms with van der Waals surface area (Å²) in [6, 6.07) is 13.0. The smallest absolute Gasteiger partial charge is 0.119 e. The van der Waals surface area contributed by atoms with E-state index >= 15 is 0 Å². The SMILES string of the molecule is COc1ccc2cc(C3CCNC3)ccc2c1. The van der Waals surface area contributed by atoms with Crippen LogP contribution in [0.15, 0.2) is 36.4 Å². The zero-order valence-corrected chi connectivity index (χ0v) is 10.1. The van der Waals surface area contributed by atoms with E-state index in [-0.39, 0.29) is 0 Å². The van der Waals surface area contributed by atoms with E-state index in [0.29, 0.717) is 5.92 Å². The molecule has 88 valence electrons. The van der Waals surface area contributed by atoms with Gasteiger partial charge >= 0.3 is 0 Å². The van der Waals surface area contributed by atoms with E-state index in [0.717, 1.165) is 18.8 Å². The summed E-state index contributed by atoms with van der Waals surface area (Å²) in [5.74, 6) is 1.61. The minimum absolute atomic E-state index is 0.682. The first-order valence-corrected chi connectivity index (χ1v) is 6.15. The van der Waals surface area contributed by atoms with Crippen LogP contribution in [0.4, 0.5) is 0 Å². The third-order valence-electron chi connectivity index (χ3n) is 3.60. The molecule has 1 N–H and O–H groups in total.